The number of unbranched alkanes of at least 4 members (excludes halogenated alkanes) is 3. The van der Waals surface area contributed by atoms with Gasteiger partial charge in [0.05, 0.1) is 5.56 Å². The summed E-state index contributed by atoms with van der Waals surface area (Å²) in [5, 5.41) is 4.38. The van der Waals surface area contributed by atoms with Crippen LogP contribution in [0.25, 0.3) is 0 Å². The first-order valence-electron chi connectivity index (χ1n) is 6.68. The second kappa shape index (κ2) is 8.00. The maximum absolute atomic E-state index is 11.9. The van der Waals surface area contributed by atoms with Crippen molar-refractivity contribution in [2.45, 2.75) is 56.2 Å². The van der Waals surface area contributed by atoms with Crippen LogP contribution in [0.2, 0.25) is 0 Å². The largest absolute Gasteiger partial charge is 0.350 e. The van der Waals surface area contributed by atoms with Gasteiger partial charge in [0.15, 0.2) is 0 Å². The van der Waals surface area contributed by atoms with Crippen LogP contribution in [0.4, 0.5) is 0 Å². The molecule has 1 unspecified atom stereocenters. The number of carbonyl (C=O) groups excluding carboxylic acids is 1. The molecule has 0 aliphatic carbocycles. The fourth-order valence-electron chi connectivity index (χ4n) is 1.82. The minimum absolute atomic E-state index is 0.0000782. The molecule has 1 rings (SSSR count). The summed E-state index contributed by atoms with van der Waals surface area (Å²) in [6.07, 6.45) is 5.58. The van der Waals surface area contributed by atoms with Gasteiger partial charge in [-0.25, -0.2) is 8.42 Å². The van der Waals surface area contributed by atoms with E-state index in [2.05, 4.69) is 12.2 Å². The van der Waals surface area contributed by atoms with Crippen LogP contribution >= 0.6 is 22.0 Å². The Labute approximate surface area is 129 Å². The average Bonchev–Trinajstić information content (AvgIpc) is 2.84. The van der Waals surface area contributed by atoms with E-state index in [4.69, 9.17) is 10.7 Å². The standard InChI is InChI=1S/C13H20ClNO3S2/c1-3-4-5-6-7-10(2)15-13(16)11-8-12(19-9-11)20(14,17)18/h8-10H,3-7H2,1-2H3,(H,15,16). The summed E-state index contributed by atoms with van der Waals surface area (Å²) in [4.78, 5) is 11.9. The van der Waals surface area contributed by atoms with E-state index < -0.39 is 9.05 Å². The van der Waals surface area contributed by atoms with E-state index in [9.17, 15) is 13.2 Å². The predicted molar refractivity (Wildman–Crippen MR) is 83.0 cm³/mol. The van der Waals surface area contributed by atoms with Crippen molar-refractivity contribution in [1.29, 1.82) is 0 Å². The van der Waals surface area contributed by atoms with Gasteiger partial charge in [-0.2, -0.15) is 0 Å². The molecule has 1 atom stereocenters. The zero-order valence-electron chi connectivity index (χ0n) is 11.7. The first-order chi connectivity index (χ1) is 9.34. The van der Waals surface area contributed by atoms with Gasteiger partial charge in [0.2, 0.25) is 0 Å². The third-order valence-corrected chi connectivity index (χ3v) is 5.99. The molecule has 0 bridgehead atoms. The van der Waals surface area contributed by atoms with Crippen molar-refractivity contribution in [3.8, 4) is 0 Å². The van der Waals surface area contributed by atoms with Crippen LogP contribution in [-0.4, -0.2) is 20.4 Å². The number of halogens is 1. The smallest absolute Gasteiger partial charge is 0.270 e. The highest BCUT2D eigenvalue weighted by Crippen LogP contribution is 2.23. The number of nitrogens with one attached hydrogen (secondary N) is 1. The lowest BCUT2D eigenvalue weighted by molar-refractivity contribution is 0.0938. The molecular weight excluding hydrogens is 318 g/mol. The molecule has 4 nitrogen and oxygen atoms in total. The third-order valence-electron chi connectivity index (χ3n) is 2.95. The second-order valence-corrected chi connectivity index (χ2v) is 8.52. The molecule has 114 valence electrons. The Bertz CT molecular complexity index is 540. The van der Waals surface area contributed by atoms with Crippen LogP contribution in [0.15, 0.2) is 15.7 Å². The van der Waals surface area contributed by atoms with Crippen molar-refractivity contribution in [2.75, 3.05) is 0 Å². The molecule has 0 radical (unpaired) electrons. The topological polar surface area (TPSA) is 63.2 Å². The highest BCUT2D eigenvalue weighted by Gasteiger charge is 2.17. The van der Waals surface area contributed by atoms with Crippen LogP contribution in [0, 0.1) is 0 Å². The molecule has 20 heavy (non-hydrogen) atoms. The van der Waals surface area contributed by atoms with Gasteiger partial charge in [0.1, 0.15) is 4.21 Å². The van der Waals surface area contributed by atoms with Crippen LogP contribution in [0.5, 0.6) is 0 Å². The molecule has 0 saturated heterocycles. The van der Waals surface area contributed by atoms with Gasteiger partial charge in [0.25, 0.3) is 15.0 Å². The van der Waals surface area contributed by atoms with Gasteiger partial charge >= 0.3 is 0 Å². The molecule has 1 N–H and O–H groups in total. The van der Waals surface area contributed by atoms with Crippen molar-refractivity contribution in [2.24, 2.45) is 0 Å². The van der Waals surface area contributed by atoms with Gasteiger partial charge in [-0.3, -0.25) is 4.79 Å². The van der Waals surface area contributed by atoms with E-state index >= 15 is 0 Å². The Morgan fingerprint density at radius 1 is 1.40 bits per heavy atom. The SMILES string of the molecule is CCCCCCC(C)NC(=O)c1csc(S(=O)(=O)Cl)c1. The molecule has 0 saturated carbocycles. The highest BCUT2D eigenvalue weighted by atomic mass is 35.7. The molecule has 0 spiro atoms. The van der Waals surface area contributed by atoms with E-state index in [0.717, 1.165) is 24.2 Å². The molecule has 0 aliphatic rings. The Morgan fingerprint density at radius 2 is 2.10 bits per heavy atom. The number of hydrogen-bond acceptors (Lipinski definition) is 4. The Morgan fingerprint density at radius 3 is 2.65 bits per heavy atom. The van der Waals surface area contributed by atoms with Crippen molar-refractivity contribution in [3.05, 3.63) is 17.0 Å². The van der Waals surface area contributed by atoms with E-state index in [1.54, 1.807) is 0 Å². The minimum atomic E-state index is -3.75. The van der Waals surface area contributed by atoms with Crippen molar-refractivity contribution >= 4 is 37.0 Å². The Hall–Kier alpha value is -0.590. The monoisotopic (exact) mass is 337 g/mol. The number of amides is 1. The summed E-state index contributed by atoms with van der Waals surface area (Å²) >= 11 is 0.956. The lowest BCUT2D eigenvalue weighted by Crippen LogP contribution is -2.32. The fourth-order valence-corrected chi connectivity index (χ4v) is 3.77. The first kappa shape index (κ1) is 17.5. The number of rotatable bonds is 8. The summed E-state index contributed by atoms with van der Waals surface area (Å²) in [5.74, 6) is -0.254. The number of hydrogen-bond donors (Lipinski definition) is 1. The van der Waals surface area contributed by atoms with Gasteiger partial charge in [-0.1, -0.05) is 32.6 Å². The van der Waals surface area contributed by atoms with Crippen molar-refractivity contribution in [1.82, 2.24) is 5.32 Å². The summed E-state index contributed by atoms with van der Waals surface area (Å²) in [6.45, 7) is 4.11. The predicted octanol–water partition coefficient (Wildman–Crippen LogP) is 3.76. The molecule has 1 aromatic rings. The normalized spacial score (nSPS) is 13.2. The molecule has 0 fully saturated rings. The van der Waals surface area contributed by atoms with Crippen LogP contribution in [-0.2, 0) is 9.05 Å². The zero-order valence-corrected chi connectivity index (χ0v) is 14.1. The third kappa shape index (κ3) is 5.81. The molecule has 1 aromatic heterocycles. The average molecular weight is 338 g/mol. The fraction of sp³-hybridized carbons (Fsp3) is 0.615. The Balaban J connectivity index is 2.48. The first-order valence-corrected chi connectivity index (χ1v) is 9.87. The van der Waals surface area contributed by atoms with Crippen molar-refractivity contribution < 1.29 is 13.2 Å². The van der Waals surface area contributed by atoms with E-state index in [1.165, 1.54) is 30.7 Å². The quantitative estimate of drug-likeness (QED) is 0.580. The lowest BCUT2D eigenvalue weighted by atomic mass is 10.1. The Kier molecular flexibility index (Phi) is 6.99. The van der Waals surface area contributed by atoms with Crippen molar-refractivity contribution in [3.63, 3.8) is 0 Å². The minimum Gasteiger partial charge on any atom is -0.350 e. The maximum atomic E-state index is 11.9. The summed E-state index contributed by atoms with van der Waals surface area (Å²) in [5.41, 5.74) is 0.342. The zero-order chi connectivity index (χ0) is 15.2. The highest BCUT2D eigenvalue weighted by molar-refractivity contribution is 8.15. The molecule has 7 heteroatoms. The van der Waals surface area contributed by atoms with Gasteiger partial charge in [-0.15, -0.1) is 11.3 Å². The number of carbonyl (C=O) groups is 1. The van der Waals surface area contributed by atoms with E-state index in [-0.39, 0.29) is 16.2 Å². The van der Waals surface area contributed by atoms with Gasteiger partial charge < -0.3 is 5.32 Å². The molecule has 0 aromatic carbocycles. The van der Waals surface area contributed by atoms with Crippen LogP contribution in [0.1, 0.15) is 56.3 Å². The number of thiophene rings is 1. The summed E-state index contributed by atoms with van der Waals surface area (Å²) in [6, 6.07) is 1.39. The van der Waals surface area contributed by atoms with Crippen LogP contribution < -0.4 is 5.32 Å². The van der Waals surface area contributed by atoms with Gasteiger partial charge in [-0.05, 0) is 19.4 Å². The lowest BCUT2D eigenvalue weighted by Gasteiger charge is -2.12. The van der Waals surface area contributed by atoms with Crippen LogP contribution in [0.3, 0.4) is 0 Å². The second-order valence-electron chi connectivity index (χ2n) is 4.82. The molecule has 1 heterocycles. The maximum Gasteiger partial charge on any atom is 0.270 e. The van der Waals surface area contributed by atoms with Gasteiger partial charge in [0, 0.05) is 22.1 Å². The summed E-state index contributed by atoms with van der Waals surface area (Å²) < 4.78 is 22.3. The molecule has 1 amide bonds. The van der Waals surface area contributed by atoms with E-state index in [1.807, 2.05) is 6.92 Å². The summed E-state index contributed by atoms with van der Waals surface area (Å²) in [7, 11) is 1.48. The molecular formula is C13H20ClNO3S2. The van der Waals surface area contributed by atoms with E-state index in [0.29, 0.717) is 5.56 Å². The molecule has 0 aliphatic heterocycles.